The van der Waals surface area contributed by atoms with Crippen LogP contribution in [0.15, 0.2) is 75.0 Å². The smallest absolute Gasteiger partial charge is 0.282 e. The molecule has 9 nitrogen and oxygen atoms in total. The van der Waals surface area contributed by atoms with Gasteiger partial charge in [0, 0.05) is 23.0 Å². The molecule has 1 heterocycles. The van der Waals surface area contributed by atoms with Crippen LogP contribution in [0, 0.1) is 10.1 Å². The van der Waals surface area contributed by atoms with E-state index >= 15 is 0 Å². The largest absolute Gasteiger partial charge is 0.490 e. The molecule has 0 saturated heterocycles. The topological polar surface area (TPSA) is 109 Å². The van der Waals surface area contributed by atoms with Crippen molar-refractivity contribution in [3.8, 4) is 11.5 Å². The van der Waals surface area contributed by atoms with Crippen molar-refractivity contribution < 1.29 is 14.4 Å². The Kier molecular flexibility index (Phi) is 7.74. The summed E-state index contributed by atoms with van der Waals surface area (Å²) in [6.07, 6.45) is 2.12. The highest BCUT2D eigenvalue weighted by atomic mass is 79.9. The van der Waals surface area contributed by atoms with Gasteiger partial charge in [-0.2, -0.15) is 9.78 Å². The van der Waals surface area contributed by atoms with Crippen LogP contribution >= 0.6 is 15.9 Å². The Hall–Kier alpha value is -4.05. The molecule has 3 aromatic carbocycles. The molecule has 0 aliphatic heterocycles. The zero-order chi connectivity index (χ0) is 25.7. The molecule has 0 bridgehead atoms. The minimum absolute atomic E-state index is 0.0250. The predicted octanol–water partition coefficient (Wildman–Crippen LogP) is 5.49. The average molecular weight is 551 g/mol. The molecule has 0 aliphatic rings. The number of aryl methyl sites for hydroxylation is 1. The van der Waals surface area contributed by atoms with E-state index in [2.05, 4.69) is 26.0 Å². The Morgan fingerprint density at radius 2 is 1.83 bits per heavy atom. The van der Waals surface area contributed by atoms with E-state index in [1.54, 1.807) is 48.7 Å². The lowest BCUT2D eigenvalue weighted by Gasteiger charge is -2.13. The SMILES string of the molecule is CCOc1cc(C=Nn2c(CC)nc3ccc(Br)cc3c2=O)ccc1OCc1ccc([N+](=O)[O-])cc1. The van der Waals surface area contributed by atoms with E-state index in [1.165, 1.54) is 16.8 Å². The number of benzene rings is 3. The Morgan fingerprint density at radius 1 is 1.06 bits per heavy atom. The van der Waals surface area contributed by atoms with Gasteiger partial charge in [-0.3, -0.25) is 14.9 Å². The van der Waals surface area contributed by atoms with Gasteiger partial charge in [0.1, 0.15) is 12.4 Å². The molecule has 0 atom stereocenters. The molecule has 0 unspecified atom stereocenters. The van der Waals surface area contributed by atoms with Crippen molar-refractivity contribution in [2.24, 2.45) is 5.10 Å². The molecule has 1 aromatic heterocycles. The number of nitro benzene ring substituents is 1. The van der Waals surface area contributed by atoms with Crippen LogP contribution in [0.1, 0.15) is 30.8 Å². The maximum Gasteiger partial charge on any atom is 0.282 e. The molecule has 4 aromatic rings. The quantitative estimate of drug-likeness (QED) is 0.155. The van der Waals surface area contributed by atoms with Crippen LogP contribution in [-0.4, -0.2) is 27.4 Å². The van der Waals surface area contributed by atoms with Gasteiger partial charge in [-0.25, -0.2) is 4.98 Å². The third-order valence-corrected chi connectivity index (χ3v) is 5.82. The number of hydrogen-bond donors (Lipinski definition) is 0. The van der Waals surface area contributed by atoms with E-state index in [0.717, 1.165) is 10.0 Å². The van der Waals surface area contributed by atoms with Gasteiger partial charge in [0.05, 0.1) is 28.6 Å². The fourth-order valence-corrected chi connectivity index (χ4v) is 3.90. The molecular formula is C26H23BrN4O5. The molecule has 184 valence electrons. The van der Waals surface area contributed by atoms with Crippen LogP contribution in [0.25, 0.3) is 10.9 Å². The first-order valence-corrected chi connectivity index (χ1v) is 12.1. The predicted molar refractivity (Wildman–Crippen MR) is 141 cm³/mol. The first kappa shape index (κ1) is 25.1. The molecule has 0 amide bonds. The van der Waals surface area contributed by atoms with Gasteiger partial charge in [-0.1, -0.05) is 22.9 Å². The van der Waals surface area contributed by atoms with Crippen LogP contribution in [0.2, 0.25) is 0 Å². The Morgan fingerprint density at radius 3 is 2.53 bits per heavy atom. The molecule has 4 rings (SSSR count). The standard InChI is InChI=1S/C26H23BrN4O5/c1-3-25-29-22-11-8-19(27)14-21(22)26(32)30(25)28-15-18-7-12-23(24(13-18)35-4-2)36-16-17-5-9-20(10-6-17)31(33)34/h5-15H,3-4,16H2,1-2H3. The number of non-ortho nitro benzene ring substituents is 1. The van der Waals surface area contributed by atoms with Crippen molar-refractivity contribution in [3.05, 3.63) is 103 Å². The molecule has 0 fully saturated rings. The maximum atomic E-state index is 13.1. The van der Waals surface area contributed by atoms with Gasteiger partial charge in [-0.05, 0) is 66.6 Å². The van der Waals surface area contributed by atoms with Crippen molar-refractivity contribution >= 4 is 38.7 Å². The summed E-state index contributed by atoms with van der Waals surface area (Å²) in [4.78, 5) is 28.1. The zero-order valence-electron chi connectivity index (χ0n) is 19.7. The van der Waals surface area contributed by atoms with E-state index in [-0.39, 0.29) is 17.9 Å². The van der Waals surface area contributed by atoms with Crippen LogP contribution in [0.5, 0.6) is 11.5 Å². The van der Waals surface area contributed by atoms with Crippen molar-refractivity contribution in [3.63, 3.8) is 0 Å². The fraction of sp³-hybridized carbons (Fsp3) is 0.192. The van der Waals surface area contributed by atoms with Crippen LogP contribution in [-0.2, 0) is 13.0 Å². The summed E-state index contributed by atoms with van der Waals surface area (Å²) in [5.41, 5.74) is 1.90. The van der Waals surface area contributed by atoms with Crippen molar-refractivity contribution in [2.45, 2.75) is 26.9 Å². The highest BCUT2D eigenvalue weighted by molar-refractivity contribution is 9.10. The van der Waals surface area contributed by atoms with E-state index in [1.807, 2.05) is 19.9 Å². The number of ether oxygens (including phenoxy) is 2. The third kappa shape index (κ3) is 5.60. The molecule has 0 spiro atoms. The molecule has 36 heavy (non-hydrogen) atoms. The Labute approximate surface area is 215 Å². The number of nitro groups is 1. The highest BCUT2D eigenvalue weighted by Crippen LogP contribution is 2.29. The first-order valence-electron chi connectivity index (χ1n) is 11.3. The minimum Gasteiger partial charge on any atom is -0.490 e. The van der Waals surface area contributed by atoms with Crippen LogP contribution in [0.3, 0.4) is 0 Å². The lowest BCUT2D eigenvalue weighted by molar-refractivity contribution is -0.384. The summed E-state index contributed by atoms with van der Waals surface area (Å²) in [5.74, 6) is 1.60. The Balaban J connectivity index is 1.59. The molecule has 10 heteroatoms. The van der Waals surface area contributed by atoms with Crippen LogP contribution < -0.4 is 15.0 Å². The number of hydrogen-bond acceptors (Lipinski definition) is 7. The number of fused-ring (bicyclic) bond motifs is 1. The Bertz CT molecular complexity index is 1500. The van der Waals surface area contributed by atoms with Crippen molar-refractivity contribution in [1.29, 1.82) is 0 Å². The second-order valence-corrected chi connectivity index (χ2v) is 8.67. The third-order valence-electron chi connectivity index (χ3n) is 5.32. The normalized spacial score (nSPS) is 11.2. The van der Waals surface area contributed by atoms with E-state index in [9.17, 15) is 14.9 Å². The summed E-state index contributed by atoms with van der Waals surface area (Å²) in [6, 6.07) is 16.9. The van der Waals surface area contributed by atoms with Gasteiger partial charge in [0.2, 0.25) is 0 Å². The second-order valence-electron chi connectivity index (χ2n) is 7.76. The van der Waals surface area contributed by atoms with Crippen LogP contribution in [0.4, 0.5) is 5.69 Å². The van der Waals surface area contributed by atoms with Gasteiger partial charge in [-0.15, -0.1) is 0 Å². The summed E-state index contributed by atoms with van der Waals surface area (Å²) < 4.78 is 13.8. The highest BCUT2D eigenvalue weighted by Gasteiger charge is 2.11. The number of rotatable bonds is 9. The maximum absolute atomic E-state index is 13.1. The fourth-order valence-electron chi connectivity index (χ4n) is 3.53. The second kappa shape index (κ2) is 11.1. The molecule has 0 saturated carbocycles. The summed E-state index contributed by atoms with van der Waals surface area (Å²) in [7, 11) is 0. The van der Waals surface area contributed by atoms with Gasteiger partial charge in [0.15, 0.2) is 11.5 Å². The molecular weight excluding hydrogens is 528 g/mol. The van der Waals surface area contributed by atoms with E-state index in [4.69, 9.17) is 9.47 Å². The van der Waals surface area contributed by atoms with Gasteiger partial charge in [0.25, 0.3) is 11.2 Å². The van der Waals surface area contributed by atoms with Gasteiger partial charge >= 0.3 is 0 Å². The molecule has 0 radical (unpaired) electrons. The van der Waals surface area contributed by atoms with Crippen molar-refractivity contribution in [2.75, 3.05) is 6.61 Å². The minimum atomic E-state index is -0.442. The number of aromatic nitrogens is 2. The lowest BCUT2D eigenvalue weighted by Crippen LogP contribution is -2.22. The zero-order valence-corrected chi connectivity index (χ0v) is 21.3. The monoisotopic (exact) mass is 550 g/mol. The molecule has 0 N–H and O–H groups in total. The molecule has 0 aliphatic carbocycles. The lowest BCUT2D eigenvalue weighted by atomic mass is 10.2. The summed E-state index contributed by atoms with van der Waals surface area (Å²) >= 11 is 3.40. The first-order chi connectivity index (χ1) is 17.4. The number of halogens is 1. The van der Waals surface area contributed by atoms with Gasteiger partial charge < -0.3 is 9.47 Å². The summed E-state index contributed by atoms with van der Waals surface area (Å²) in [5, 5.41) is 15.7. The average Bonchev–Trinajstić information content (AvgIpc) is 2.88. The number of nitrogens with zero attached hydrogens (tertiary/aromatic N) is 4. The van der Waals surface area contributed by atoms with Crippen molar-refractivity contribution in [1.82, 2.24) is 9.66 Å². The van der Waals surface area contributed by atoms with E-state index in [0.29, 0.717) is 46.8 Å². The summed E-state index contributed by atoms with van der Waals surface area (Å²) in [6.45, 7) is 4.44. The van der Waals surface area contributed by atoms with E-state index < -0.39 is 4.92 Å².